The molecule has 0 aliphatic heterocycles. The zero-order valence-corrected chi connectivity index (χ0v) is 19.0. The lowest BCUT2D eigenvalue weighted by atomic mass is 9.99. The van der Waals surface area contributed by atoms with Crippen molar-refractivity contribution in [3.05, 3.63) is 54.3 Å². The van der Waals surface area contributed by atoms with Gasteiger partial charge in [0.25, 0.3) is 0 Å². The van der Waals surface area contributed by atoms with Gasteiger partial charge in [0.2, 0.25) is 5.91 Å². The average molecular weight is 422 g/mol. The van der Waals surface area contributed by atoms with E-state index in [0.717, 1.165) is 39.0 Å². The zero-order valence-electron chi connectivity index (χ0n) is 19.0. The van der Waals surface area contributed by atoms with E-state index >= 15 is 0 Å². The number of benzene rings is 2. The molecule has 0 saturated carbocycles. The first-order valence-electron chi connectivity index (χ1n) is 10.9. The van der Waals surface area contributed by atoms with Crippen LogP contribution in [0.25, 0.3) is 27.7 Å². The van der Waals surface area contributed by atoms with Gasteiger partial charge in [0, 0.05) is 41.7 Å². The molecule has 31 heavy (non-hydrogen) atoms. The van der Waals surface area contributed by atoms with Crippen LogP contribution in [0.3, 0.4) is 0 Å². The van der Waals surface area contributed by atoms with Crippen LogP contribution in [-0.2, 0) is 4.79 Å². The summed E-state index contributed by atoms with van der Waals surface area (Å²) in [4.78, 5) is 14.4. The van der Waals surface area contributed by atoms with E-state index in [1.807, 2.05) is 65.0 Å². The molecular formula is C26H31NO4. The Kier molecular flexibility index (Phi) is 7.40. The first-order chi connectivity index (χ1) is 15.0. The second-order valence-corrected chi connectivity index (χ2v) is 7.22. The number of amides is 1. The summed E-state index contributed by atoms with van der Waals surface area (Å²) in [5, 5.41) is 0.977. The first-order valence-corrected chi connectivity index (χ1v) is 10.9. The maximum Gasteiger partial charge on any atom is 0.246 e. The molecule has 3 rings (SSSR count). The molecule has 3 aromatic rings. The number of carbonyl (C=O) groups excluding carboxylic acids is 1. The van der Waals surface area contributed by atoms with E-state index in [4.69, 9.17) is 13.9 Å². The molecule has 1 heterocycles. The molecule has 0 unspecified atom stereocenters. The van der Waals surface area contributed by atoms with Crippen molar-refractivity contribution in [3.8, 4) is 22.6 Å². The van der Waals surface area contributed by atoms with Crippen molar-refractivity contribution in [2.45, 2.75) is 34.6 Å². The highest BCUT2D eigenvalue weighted by molar-refractivity contribution is 6.00. The van der Waals surface area contributed by atoms with Gasteiger partial charge in [-0.25, -0.2) is 0 Å². The van der Waals surface area contributed by atoms with Crippen molar-refractivity contribution in [2.75, 3.05) is 26.3 Å². The minimum absolute atomic E-state index is 0.00368. The Balaban J connectivity index is 2.07. The van der Waals surface area contributed by atoms with Crippen LogP contribution in [0.4, 0.5) is 0 Å². The van der Waals surface area contributed by atoms with E-state index < -0.39 is 0 Å². The number of hydrogen-bond donors (Lipinski definition) is 0. The van der Waals surface area contributed by atoms with Crippen LogP contribution in [0, 0.1) is 0 Å². The number of allylic oxidation sites excluding steroid dienone is 1. The van der Waals surface area contributed by atoms with Crippen LogP contribution in [0.2, 0.25) is 0 Å². The van der Waals surface area contributed by atoms with Crippen LogP contribution in [0.1, 0.15) is 40.2 Å². The highest BCUT2D eigenvalue weighted by Gasteiger charge is 2.16. The van der Waals surface area contributed by atoms with Crippen molar-refractivity contribution >= 4 is 22.4 Å². The number of hydrogen-bond acceptors (Lipinski definition) is 4. The van der Waals surface area contributed by atoms with Crippen LogP contribution < -0.4 is 9.47 Å². The van der Waals surface area contributed by atoms with Crippen LogP contribution in [0.5, 0.6) is 11.5 Å². The first kappa shape index (κ1) is 22.5. The molecule has 0 aliphatic carbocycles. The molecule has 5 heteroatoms. The van der Waals surface area contributed by atoms with Crippen molar-refractivity contribution < 1.29 is 18.7 Å². The van der Waals surface area contributed by atoms with Crippen LogP contribution >= 0.6 is 0 Å². The van der Waals surface area contributed by atoms with Crippen LogP contribution in [0.15, 0.2) is 53.2 Å². The minimum Gasteiger partial charge on any atom is -0.494 e. The second-order valence-electron chi connectivity index (χ2n) is 7.22. The number of furan rings is 1. The molecule has 0 N–H and O–H groups in total. The lowest BCUT2D eigenvalue weighted by molar-refractivity contribution is -0.125. The molecule has 2 aromatic carbocycles. The van der Waals surface area contributed by atoms with E-state index in [2.05, 4.69) is 6.07 Å². The smallest absolute Gasteiger partial charge is 0.246 e. The quantitative estimate of drug-likeness (QED) is 0.388. The maximum absolute atomic E-state index is 12.6. The Labute approximate surface area is 184 Å². The van der Waals surface area contributed by atoms with E-state index in [0.29, 0.717) is 32.1 Å². The Bertz CT molecular complexity index is 1060. The van der Waals surface area contributed by atoms with Gasteiger partial charge < -0.3 is 18.8 Å². The predicted octanol–water partition coefficient (Wildman–Crippen LogP) is 6.17. The molecule has 0 bridgehead atoms. The highest BCUT2D eigenvalue weighted by atomic mass is 16.5. The standard InChI is InChI=1S/C26H31NO4/c1-6-27(7-2)26(28)14-18(5)21-15-22-23(17-31-25(22)16-24(21)30-9-4)19-10-12-20(13-11-19)29-8-3/h10-17H,6-9H2,1-5H3/b18-14+. The number of likely N-dealkylation sites (N-methyl/N-ethyl adjacent to an activating group) is 1. The number of nitrogens with zero attached hydrogens (tertiary/aromatic N) is 1. The Morgan fingerprint density at radius 1 is 1.00 bits per heavy atom. The van der Waals surface area contributed by atoms with Crippen molar-refractivity contribution in [1.82, 2.24) is 4.90 Å². The highest BCUT2D eigenvalue weighted by Crippen LogP contribution is 2.38. The Morgan fingerprint density at radius 2 is 1.68 bits per heavy atom. The second kappa shape index (κ2) is 10.2. The summed E-state index contributed by atoms with van der Waals surface area (Å²) >= 11 is 0. The number of rotatable bonds is 9. The minimum atomic E-state index is 0.00368. The Hall–Kier alpha value is -3.21. The lowest BCUT2D eigenvalue weighted by Crippen LogP contribution is -2.28. The average Bonchev–Trinajstić information content (AvgIpc) is 3.18. The van der Waals surface area contributed by atoms with Crippen LogP contribution in [-0.4, -0.2) is 37.1 Å². The molecule has 0 spiro atoms. The van der Waals surface area contributed by atoms with E-state index in [1.165, 1.54) is 0 Å². The molecule has 0 atom stereocenters. The van der Waals surface area contributed by atoms with Gasteiger partial charge in [0.1, 0.15) is 17.1 Å². The van der Waals surface area contributed by atoms with Gasteiger partial charge in [-0.15, -0.1) is 0 Å². The number of ether oxygens (including phenoxy) is 2. The topological polar surface area (TPSA) is 51.9 Å². The largest absolute Gasteiger partial charge is 0.494 e. The van der Waals surface area contributed by atoms with Crippen molar-refractivity contribution in [2.24, 2.45) is 0 Å². The summed E-state index contributed by atoms with van der Waals surface area (Å²) in [5.41, 5.74) is 4.53. The fraction of sp³-hybridized carbons (Fsp3) is 0.346. The van der Waals surface area contributed by atoms with Gasteiger partial charge in [-0.2, -0.15) is 0 Å². The molecule has 1 aromatic heterocycles. The monoisotopic (exact) mass is 421 g/mol. The molecule has 0 radical (unpaired) electrons. The zero-order chi connectivity index (χ0) is 22.4. The third kappa shape index (κ3) is 4.93. The van der Waals surface area contributed by atoms with Gasteiger partial charge in [-0.1, -0.05) is 12.1 Å². The summed E-state index contributed by atoms with van der Waals surface area (Å²) in [7, 11) is 0. The normalized spacial score (nSPS) is 11.6. The van der Waals surface area contributed by atoms with Gasteiger partial charge in [-0.3, -0.25) is 4.79 Å². The molecule has 5 nitrogen and oxygen atoms in total. The molecular weight excluding hydrogens is 390 g/mol. The van der Waals surface area contributed by atoms with E-state index in [9.17, 15) is 4.79 Å². The third-order valence-electron chi connectivity index (χ3n) is 5.29. The molecule has 0 fully saturated rings. The Morgan fingerprint density at radius 3 is 2.29 bits per heavy atom. The summed E-state index contributed by atoms with van der Waals surface area (Å²) in [5.74, 6) is 1.56. The predicted molar refractivity (Wildman–Crippen MR) is 126 cm³/mol. The molecule has 0 aliphatic rings. The molecule has 0 saturated heterocycles. The van der Waals surface area contributed by atoms with Gasteiger partial charge >= 0.3 is 0 Å². The fourth-order valence-corrected chi connectivity index (χ4v) is 3.65. The summed E-state index contributed by atoms with van der Waals surface area (Å²) in [6.45, 7) is 12.4. The van der Waals surface area contributed by atoms with Crippen molar-refractivity contribution in [3.63, 3.8) is 0 Å². The summed E-state index contributed by atoms with van der Waals surface area (Å²) in [6.07, 6.45) is 3.45. The number of fused-ring (bicyclic) bond motifs is 1. The van der Waals surface area contributed by atoms with Gasteiger partial charge in [-0.05, 0) is 64.0 Å². The summed E-state index contributed by atoms with van der Waals surface area (Å²) < 4.78 is 17.3. The maximum atomic E-state index is 12.6. The fourth-order valence-electron chi connectivity index (χ4n) is 3.65. The third-order valence-corrected chi connectivity index (χ3v) is 5.29. The SMILES string of the molecule is CCOc1ccc(-c2coc3cc(OCC)c(/C(C)=C/C(=O)N(CC)CC)cc23)cc1. The van der Waals surface area contributed by atoms with Crippen molar-refractivity contribution in [1.29, 1.82) is 0 Å². The lowest BCUT2D eigenvalue weighted by Gasteiger charge is -2.17. The molecule has 1 amide bonds. The van der Waals surface area contributed by atoms with E-state index in [-0.39, 0.29) is 5.91 Å². The molecule has 164 valence electrons. The van der Waals surface area contributed by atoms with E-state index in [1.54, 1.807) is 17.2 Å². The summed E-state index contributed by atoms with van der Waals surface area (Å²) in [6, 6.07) is 11.9. The van der Waals surface area contributed by atoms with Gasteiger partial charge in [0.15, 0.2) is 0 Å². The number of carbonyl (C=O) groups is 1. The van der Waals surface area contributed by atoms with Gasteiger partial charge in [0.05, 0.1) is 19.5 Å².